The van der Waals surface area contributed by atoms with Crippen molar-refractivity contribution in [2.75, 3.05) is 0 Å². The van der Waals surface area contributed by atoms with Crippen molar-refractivity contribution in [3.8, 4) is 0 Å². The Morgan fingerprint density at radius 1 is 1.46 bits per heavy atom. The van der Waals surface area contributed by atoms with Gasteiger partial charge in [0.15, 0.2) is 0 Å². The fourth-order valence-corrected chi connectivity index (χ4v) is 1.56. The molecule has 0 aliphatic carbocycles. The lowest BCUT2D eigenvalue weighted by atomic mass is 10.5. The smallest absolute Gasteiger partial charge is 0.268 e. The van der Waals surface area contributed by atoms with E-state index in [0.717, 1.165) is 9.22 Å². The molecule has 0 aliphatic rings. The Morgan fingerprint density at radius 2 is 2.23 bits per heavy atom. The Morgan fingerprint density at radius 3 is 2.92 bits per heavy atom. The molecule has 13 heavy (non-hydrogen) atoms. The summed E-state index contributed by atoms with van der Waals surface area (Å²) >= 11 is 2.19. The van der Waals surface area contributed by atoms with Crippen LogP contribution in [0.2, 0.25) is 0 Å². The van der Waals surface area contributed by atoms with Gasteiger partial charge in [-0.2, -0.15) is 0 Å². The minimum Gasteiger partial charge on any atom is -0.364 e. The highest BCUT2D eigenvalue weighted by molar-refractivity contribution is 14.1. The summed E-state index contributed by atoms with van der Waals surface area (Å²) in [5, 5.41) is 0. The summed E-state index contributed by atoms with van der Waals surface area (Å²) in [6.07, 6.45) is 3.51. The number of pyridine rings is 1. The fourth-order valence-electron chi connectivity index (χ4n) is 1.08. The highest BCUT2D eigenvalue weighted by Crippen LogP contribution is 2.08. The third-order valence-electron chi connectivity index (χ3n) is 1.67. The van der Waals surface area contributed by atoms with E-state index in [1.54, 1.807) is 10.6 Å². The van der Waals surface area contributed by atoms with Gasteiger partial charge in [-0.05, 0) is 34.7 Å². The van der Waals surface area contributed by atoms with E-state index in [9.17, 15) is 4.79 Å². The second-order valence-electron chi connectivity index (χ2n) is 2.60. The monoisotopic (exact) mass is 287 g/mol. The molecule has 0 saturated carbocycles. The molecular formula is C8H6IN3O. The average Bonchev–Trinajstić information content (AvgIpc) is 2.46. The number of nitrogens with zero attached hydrogens (tertiary/aromatic N) is 2. The lowest BCUT2D eigenvalue weighted by Gasteiger charge is -1.91. The van der Waals surface area contributed by atoms with Crippen molar-refractivity contribution in [1.82, 2.24) is 9.38 Å². The Bertz CT molecular complexity index is 477. The number of halogens is 1. The third-order valence-corrected chi connectivity index (χ3v) is 2.31. The lowest BCUT2D eigenvalue weighted by Crippen LogP contribution is -2.10. The molecule has 0 saturated heterocycles. The maximum absolute atomic E-state index is 10.8. The highest BCUT2D eigenvalue weighted by atomic mass is 127. The maximum Gasteiger partial charge on any atom is 0.268 e. The Labute approximate surface area is 87.9 Å². The summed E-state index contributed by atoms with van der Waals surface area (Å²) in [4.78, 5) is 14.8. The van der Waals surface area contributed by atoms with Crippen molar-refractivity contribution < 1.29 is 4.79 Å². The molecule has 2 N–H and O–H groups in total. The minimum absolute atomic E-state index is 0.294. The first-order valence-electron chi connectivity index (χ1n) is 3.61. The molecule has 0 spiro atoms. The zero-order chi connectivity index (χ0) is 9.42. The van der Waals surface area contributed by atoms with Crippen LogP contribution in [-0.2, 0) is 0 Å². The topological polar surface area (TPSA) is 60.4 Å². The van der Waals surface area contributed by atoms with Crippen molar-refractivity contribution in [2.24, 2.45) is 5.73 Å². The molecule has 1 amide bonds. The molecule has 0 bridgehead atoms. The van der Waals surface area contributed by atoms with Crippen molar-refractivity contribution in [3.05, 3.63) is 33.8 Å². The Hall–Kier alpha value is -1.11. The summed E-state index contributed by atoms with van der Waals surface area (Å²) in [6, 6.07) is 3.77. The van der Waals surface area contributed by atoms with E-state index in [2.05, 4.69) is 27.6 Å². The normalized spacial score (nSPS) is 10.5. The number of rotatable bonds is 1. The van der Waals surface area contributed by atoms with Crippen molar-refractivity contribution in [1.29, 1.82) is 0 Å². The first kappa shape index (κ1) is 8.49. The predicted octanol–water partition coefficient (Wildman–Crippen LogP) is 1.04. The number of aromatic nitrogens is 2. The number of carbonyl (C=O) groups excluding carboxylic acids is 1. The van der Waals surface area contributed by atoms with Crippen LogP contribution in [0.25, 0.3) is 5.65 Å². The van der Waals surface area contributed by atoms with Gasteiger partial charge < -0.3 is 10.1 Å². The van der Waals surface area contributed by atoms with Crippen molar-refractivity contribution in [2.45, 2.75) is 0 Å². The molecule has 2 aromatic heterocycles. The predicted molar refractivity (Wildman–Crippen MR) is 56.4 cm³/mol. The van der Waals surface area contributed by atoms with Crippen LogP contribution in [0.3, 0.4) is 0 Å². The number of fused-ring (bicyclic) bond motifs is 1. The number of imidazole rings is 1. The summed E-state index contributed by atoms with van der Waals surface area (Å²) in [6.45, 7) is 0. The van der Waals surface area contributed by atoms with Gasteiger partial charge in [0.2, 0.25) is 0 Å². The molecule has 2 rings (SSSR count). The first-order valence-corrected chi connectivity index (χ1v) is 4.69. The van der Waals surface area contributed by atoms with Gasteiger partial charge in [0.05, 0.1) is 0 Å². The molecule has 0 aliphatic heterocycles. The van der Waals surface area contributed by atoms with E-state index < -0.39 is 5.91 Å². The number of nitrogens with two attached hydrogens (primary N) is 1. The molecule has 0 aromatic carbocycles. The highest BCUT2D eigenvalue weighted by Gasteiger charge is 2.05. The van der Waals surface area contributed by atoms with Crippen LogP contribution >= 0.6 is 22.6 Å². The van der Waals surface area contributed by atoms with E-state index >= 15 is 0 Å². The number of amides is 1. The molecule has 66 valence electrons. The molecular weight excluding hydrogens is 281 g/mol. The lowest BCUT2D eigenvalue weighted by molar-refractivity contribution is 0.0996. The molecule has 0 radical (unpaired) electrons. The Kier molecular flexibility index (Phi) is 1.95. The first-order chi connectivity index (χ1) is 6.16. The van der Waals surface area contributed by atoms with Crippen molar-refractivity contribution in [3.63, 3.8) is 0 Å². The summed E-state index contributed by atoms with van der Waals surface area (Å²) in [5.41, 5.74) is 6.12. The number of hydrogen-bond acceptors (Lipinski definition) is 2. The SMILES string of the molecule is NC(=O)c1cn2cc(I)ccc2n1. The third kappa shape index (κ3) is 1.51. The summed E-state index contributed by atoms with van der Waals surface area (Å²) in [5.74, 6) is -0.501. The zero-order valence-electron chi connectivity index (χ0n) is 6.57. The van der Waals surface area contributed by atoms with E-state index in [0.29, 0.717) is 5.69 Å². The fraction of sp³-hybridized carbons (Fsp3) is 0. The van der Waals surface area contributed by atoms with E-state index in [4.69, 9.17) is 5.73 Å². The van der Waals surface area contributed by atoms with Crippen LogP contribution < -0.4 is 5.73 Å². The molecule has 0 atom stereocenters. The van der Waals surface area contributed by atoms with Crippen LogP contribution in [0, 0.1) is 3.57 Å². The largest absolute Gasteiger partial charge is 0.364 e. The average molecular weight is 287 g/mol. The number of hydrogen-bond donors (Lipinski definition) is 1. The van der Waals surface area contributed by atoms with E-state index in [1.165, 1.54) is 0 Å². The van der Waals surface area contributed by atoms with Gasteiger partial charge in [0.1, 0.15) is 11.3 Å². The van der Waals surface area contributed by atoms with Gasteiger partial charge in [0.25, 0.3) is 5.91 Å². The van der Waals surface area contributed by atoms with Gasteiger partial charge in [-0.25, -0.2) is 4.98 Å². The number of primary amides is 1. The second-order valence-corrected chi connectivity index (χ2v) is 3.85. The molecule has 2 heterocycles. The maximum atomic E-state index is 10.8. The van der Waals surface area contributed by atoms with Crippen LogP contribution in [0.5, 0.6) is 0 Å². The molecule has 4 nitrogen and oxygen atoms in total. The van der Waals surface area contributed by atoms with Gasteiger partial charge in [-0.15, -0.1) is 0 Å². The van der Waals surface area contributed by atoms with Crippen LogP contribution in [0.15, 0.2) is 24.5 Å². The van der Waals surface area contributed by atoms with E-state index in [-0.39, 0.29) is 0 Å². The van der Waals surface area contributed by atoms with Gasteiger partial charge in [0, 0.05) is 16.0 Å². The van der Waals surface area contributed by atoms with Crippen LogP contribution in [-0.4, -0.2) is 15.3 Å². The number of carbonyl (C=O) groups is 1. The quantitative estimate of drug-likeness (QED) is 0.797. The minimum atomic E-state index is -0.501. The summed E-state index contributed by atoms with van der Waals surface area (Å²) < 4.78 is 2.86. The van der Waals surface area contributed by atoms with Crippen LogP contribution in [0.4, 0.5) is 0 Å². The van der Waals surface area contributed by atoms with Gasteiger partial charge >= 0.3 is 0 Å². The summed E-state index contributed by atoms with van der Waals surface area (Å²) in [7, 11) is 0. The zero-order valence-corrected chi connectivity index (χ0v) is 8.72. The Balaban J connectivity index is 2.68. The van der Waals surface area contributed by atoms with E-state index in [1.807, 2.05) is 18.3 Å². The van der Waals surface area contributed by atoms with Gasteiger partial charge in [-0.3, -0.25) is 4.79 Å². The molecule has 0 unspecified atom stereocenters. The molecule has 0 fully saturated rings. The standard InChI is InChI=1S/C8H6IN3O/c9-5-1-2-7-11-6(8(10)13)4-12(7)3-5/h1-4H,(H2,10,13). The van der Waals surface area contributed by atoms with Gasteiger partial charge in [-0.1, -0.05) is 0 Å². The molecule has 5 heteroatoms. The van der Waals surface area contributed by atoms with Crippen molar-refractivity contribution >= 4 is 34.1 Å². The second kappa shape index (κ2) is 2.99. The molecule has 2 aromatic rings. The van der Waals surface area contributed by atoms with Crippen LogP contribution in [0.1, 0.15) is 10.5 Å².